The van der Waals surface area contributed by atoms with Gasteiger partial charge in [0.1, 0.15) is 0 Å². The molecule has 7 heteroatoms. The number of ether oxygens (including phenoxy) is 2. The summed E-state index contributed by atoms with van der Waals surface area (Å²) in [6.07, 6.45) is -0.570. The van der Waals surface area contributed by atoms with E-state index in [1.165, 1.54) is 14.2 Å². The predicted molar refractivity (Wildman–Crippen MR) is 53.9 cm³/mol. The van der Waals surface area contributed by atoms with Crippen molar-refractivity contribution in [3.63, 3.8) is 0 Å². The Balaban J connectivity index is 3.22. The molecule has 0 aromatic carbocycles. The van der Waals surface area contributed by atoms with E-state index in [0.717, 1.165) is 6.92 Å². The minimum Gasteiger partial charge on any atom is -0.481 e. The molecule has 1 rings (SSSR count). The van der Waals surface area contributed by atoms with Gasteiger partial charge in [0.2, 0.25) is 23.6 Å². The lowest BCUT2D eigenvalue weighted by Crippen LogP contribution is -2.17. The van der Waals surface area contributed by atoms with Crippen molar-refractivity contribution in [3.8, 4) is 11.8 Å². The zero-order valence-electron chi connectivity index (χ0n) is 9.25. The summed E-state index contributed by atoms with van der Waals surface area (Å²) in [6.45, 7) is 0.794. The molecule has 0 spiro atoms. The number of nitrogens with two attached hydrogens (primary N) is 1. The van der Waals surface area contributed by atoms with Gasteiger partial charge in [0.25, 0.3) is 0 Å². The number of rotatable bonds is 4. The summed E-state index contributed by atoms with van der Waals surface area (Å²) in [4.78, 5) is 7.43. The molecule has 1 aromatic heterocycles. The van der Waals surface area contributed by atoms with Crippen LogP contribution in [0.1, 0.15) is 12.5 Å². The molecule has 0 unspecified atom stereocenters. The van der Waals surface area contributed by atoms with Crippen molar-refractivity contribution < 1.29 is 18.3 Å². The molecule has 2 N–H and O–H groups in total. The molecule has 90 valence electrons. The number of hydrogen-bond donors (Lipinski definition) is 1. The third-order valence-electron chi connectivity index (χ3n) is 1.82. The smallest absolute Gasteiger partial charge is 0.249 e. The first-order chi connectivity index (χ1) is 7.37. The van der Waals surface area contributed by atoms with Gasteiger partial charge >= 0.3 is 0 Å². The zero-order valence-corrected chi connectivity index (χ0v) is 9.25. The molecular weight excluding hydrogens is 220 g/mol. The number of alkyl halides is 2. The molecule has 0 atom stereocenters. The molecule has 1 heterocycles. The minimum absolute atomic E-state index is 0.00544. The predicted octanol–water partition coefficient (Wildman–Crippen LogP) is 1.27. The van der Waals surface area contributed by atoms with E-state index in [-0.39, 0.29) is 23.3 Å². The first-order valence-corrected chi connectivity index (χ1v) is 4.49. The highest BCUT2D eigenvalue weighted by Gasteiger charge is 2.28. The zero-order chi connectivity index (χ0) is 12.3. The van der Waals surface area contributed by atoms with E-state index in [1.54, 1.807) is 0 Å². The van der Waals surface area contributed by atoms with Crippen molar-refractivity contribution in [2.45, 2.75) is 19.3 Å². The molecule has 0 fully saturated rings. The Bertz CT molecular complexity index is 355. The lowest BCUT2D eigenvalue weighted by Gasteiger charge is -2.15. The van der Waals surface area contributed by atoms with Crippen LogP contribution in [-0.2, 0) is 6.42 Å². The van der Waals surface area contributed by atoms with Gasteiger partial charge < -0.3 is 15.2 Å². The molecule has 0 bridgehead atoms. The number of nitrogen functional groups attached to an aromatic ring is 1. The van der Waals surface area contributed by atoms with Crippen molar-refractivity contribution >= 4 is 5.95 Å². The Labute approximate surface area is 91.6 Å². The van der Waals surface area contributed by atoms with E-state index >= 15 is 0 Å². The summed E-state index contributed by atoms with van der Waals surface area (Å²) in [5.41, 5.74) is 5.48. The highest BCUT2D eigenvalue weighted by Crippen LogP contribution is 2.31. The third kappa shape index (κ3) is 2.91. The number of aromatic nitrogens is 2. The van der Waals surface area contributed by atoms with E-state index < -0.39 is 12.3 Å². The van der Waals surface area contributed by atoms with Crippen LogP contribution < -0.4 is 15.2 Å². The molecule has 5 nitrogen and oxygen atoms in total. The Kier molecular flexibility index (Phi) is 3.46. The van der Waals surface area contributed by atoms with Crippen LogP contribution in [0.4, 0.5) is 14.7 Å². The summed E-state index contributed by atoms with van der Waals surface area (Å²) in [5.74, 6) is -2.98. The maximum absolute atomic E-state index is 12.9. The van der Waals surface area contributed by atoms with Gasteiger partial charge in [-0.15, -0.1) is 0 Å². The molecule has 0 aliphatic carbocycles. The lowest BCUT2D eigenvalue weighted by atomic mass is 10.1. The van der Waals surface area contributed by atoms with Crippen LogP contribution in [0.25, 0.3) is 0 Å². The van der Waals surface area contributed by atoms with Crippen molar-refractivity contribution in [3.05, 3.63) is 5.56 Å². The average molecular weight is 233 g/mol. The third-order valence-corrected chi connectivity index (χ3v) is 1.82. The fraction of sp³-hybridized carbons (Fsp3) is 0.556. The normalized spacial score (nSPS) is 11.3. The molecule has 0 saturated heterocycles. The second kappa shape index (κ2) is 4.46. The van der Waals surface area contributed by atoms with Crippen LogP contribution in [0.2, 0.25) is 0 Å². The molecule has 0 amide bonds. The highest BCUT2D eigenvalue weighted by atomic mass is 19.3. The summed E-state index contributed by atoms with van der Waals surface area (Å²) < 4.78 is 35.6. The Morgan fingerprint density at radius 2 is 1.62 bits per heavy atom. The SMILES string of the molecule is COc1nc(N)nc(OC)c1CC(C)(F)F. The van der Waals surface area contributed by atoms with Crippen molar-refractivity contribution in [2.24, 2.45) is 0 Å². The van der Waals surface area contributed by atoms with Gasteiger partial charge in [-0.25, -0.2) is 8.78 Å². The quantitative estimate of drug-likeness (QED) is 0.848. The molecule has 0 aliphatic heterocycles. The van der Waals surface area contributed by atoms with Gasteiger partial charge in [0, 0.05) is 6.42 Å². The Morgan fingerprint density at radius 1 is 1.19 bits per heavy atom. The van der Waals surface area contributed by atoms with Crippen LogP contribution in [0.15, 0.2) is 0 Å². The number of nitrogens with zero attached hydrogens (tertiary/aromatic N) is 2. The lowest BCUT2D eigenvalue weighted by molar-refractivity contribution is 0.0211. The highest BCUT2D eigenvalue weighted by molar-refractivity contribution is 5.40. The molecule has 0 radical (unpaired) electrons. The van der Waals surface area contributed by atoms with E-state index in [1.807, 2.05) is 0 Å². The van der Waals surface area contributed by atoms with Crippen LogP contribution >= 0.6 is 0 Å². The topological polar surface area (TPSA) is 70.3 Å². The van der Waals surface area contributed by atoms with Crippen molar-refractivity contribution in [1.82, 2.24) is 9.97 Å². The van der Waals surface area contributed by atoms with Crippen LogP contribution in [-0.4, -0.2) is 30.1 Å². The maximum Gasteiger partial charge on any atom is 0.249 e. The maximum atomic E-state index is 12.9. The minimum atomic E-state index is -2.90. The van der Waals surface area contributed by atoms with Crippen LogP contribution in [0, 0.1) is 0 Å². The second-order valence-electron chi connectivity index (χ2n) is 3.33. The Hall–Kier alpha value is -1.66. The van der Waals surface area contributed by atoms with Gasteiger partial charge in [0.15, 0.2) is 0 Å². The molecule has 16 heavy (non-hydrogen) atoms. The van der Waals surface area contributed by atoms with Gasteiger partial charge in [0.05, 0.1) is 19.8 Å². The van der Waals surface area contributed by atoms with Crippen LogP contribution in [0.3, 0.4) is 0 Å². The summed E-state index contributed by atoms with van der Waals surface area (Å²) in [6, 6.07) is 0. The number of hydrogen-bond acceptors (Lipinski definition) is 5. The van der Waals surface area contributed by atoms with E-state index in [9.17, 15) is 8.78 Å². The largest absolute Gasteiger partial charge is 0.481 e. The first-order valence-electron chi connectivity index (χ1n) is 4.49. The van der Waals surface area contributed by atoms with Crippen LogP contribution in [0.5, 0.6) is 11.8 Å². The fourth-order valence-electron chi connectivity index (χ4n) is 1.26. The van der Waals surface area contributed by atoms with Gasteiger partial charge in [-0.1, -0.05) is 0 Å². The monoisotopic (exact) mass is 233 g/mol. The van der Waals surface area contributed by atoms with Gasteiger partial charge in [-0.2, -0.15) is 9.97 Å². The van der Waals surface area contributed by atoms with Crippen molar-refractivity contribution in [1.29, 1.82) is 0 Å². The fourth-order valence-corrected chi connectivity index (χ4v) is 1.26. The molecule has 0 saturated carbocycles. The molecule has 1 aromatic rings. The standard InChI is InChI=1S/C9H13F2N3O2/c1-9(10,11)4-5-6(15-2)13-8(12)14-7(5)16-3/h4H2,1-3H3,(H2,12,13,14). The first kappa shape index (κ1) is 12.4. The van der Waals surface area contributed by atoms with Gasteiger partial charge in [-0.3, -0.25) is 0 Å². The van der Waals surface area contributed by atoms with E-state index in [4.69, 9.17) is 15.2 Å². The number of methoxy groups -OCH3 is 2. The number of halogens is 2. The summed E-state index contributed by atoms with van der Waals surface area (Å²) in [5, 5.41) is 0. The summed E-state index contributed by atoms with van der Waals surface area (Å²) in [7, 11) is 2.64. The van der Waals surface area contributed by atoms with E-state index in [2.05, 4.69) is 9.97 Å². The average Bonchev–Trinajstić information content (AvgIpc) is 2.18. The van der Waals surface area contributed by atoms with E-state index in [0.29, 0.717) is 0 Å². The Morgan fingerprint density at radius 3 is 1.94 bits per heavy atom. The van der Waals surface area contributed by atoms with Crippen molar-refractivity contribution in [2.75, 3.05) is 20.0 Å². The molecular formula is C9H13F2N3O2. The summed E-state index contributed by atoms with van der Waals surface area (Å²) >= 11 is 0. The second-order valence-corrected chi connectivity index (χ2v) is 3.33. The van der Waals surface area contributed by atoms with Gasteiger partial charge in [-0.05, 0) is 6.92 Å². The number of anilines is 1. The molecule has 0 aliphatic rings.